The minimum atomic E-state index is -0.663. The SMILES string of the molecule is O=C(CCCc1ccccc1)NCCC1CCN(C(=O)Nc2cc(F)ccc2F)CC1. The molecule has 3 rings (SSSR count). The second kappa shape index (κ2) is 11.4. The summed E-state index contributed by atoms with van der Waals surface area (Å²) in [6.07, 6.45) is 4.76. The first-order chi connectivity index (χ1) is 15.0. The van der Waals surface area contributed by atoms with Crippen LogP contribution in [0.15, 0.2) is 48.5 Å². The molecule has 0 spiro atoms. The van der Waals surface area contributed by atoms with Gasteiger partial charge in [-0.2, -0.15) is 0 Å². The lowest BCUT2D eigenvalue weighted by Gasteiger charge is -2.32. The number of carbonyl (C=O) groups excluding carboxylic acids is 2. The molecule has 1 fully saturated rings. The number of amides is 3. The zero-order valence-corrected chi connectivity index (χ0v) is 17.6. The van der Waals surface area contributed by atoms with Crippen molar-refractivity contribution in [3.05, 3.63) is 65.7 Å². The standard InChI is InChI=1S/C24H29F2N3O2/c25-20-9-10-21(26)22(17-20)28-24(31)29-15-12-19(13-16-29)11-14-27-23(30)8-4-7-18-5-2-1-3-6-18/h1-3,5-6,9-10,17,19H,4,7-8,11-16H2,(H,27,30)(H,28,31). The normalized spacial score (nSPS) is 14.3. The predicted octanol–water partition coefficient (Wildman–Crippen LogP) is 4.74. The number of urea groups is 1. The van der Waals surface area contributed by atoms with Crippen LogP contribution < -0.4 is 10.6 Å². The van der Waals surface area contributed by atoms with Crippen molar-refractivity contribution in [2.24, 2.45) is 5.92 Å². The third kappa shape index (κ3) is 7.35. The van der Waals surface area contributed by atoms with Crippen LogP contribution in [0.3, 0.4) is 0 Å². The molecule has 2 aromatic carbocycles. The smallest absolute Gasteiger partial charge is 0.321 e. The molecule has 3 amide bonds. The van der Waals surface area contributed by atoms with Crippen LogP contribution in [0.25, 0.3) is 0 Å². The Bertz CT molecular complexity index is 868. The average Bonchev–Trinajstić information content (AvgIpc) is 2.77. The molecular formula is C24H29F2N3O2. The predicted molar refractivity (Wildman–Crippen MR) is 117 cm³/mol. The second-order valence-electron chi connectivity index (χ2n) is 7.96. The van der Waals surface area contributed by atoms with Gasteiger partial charge >= 0.3 is 6.03 Å². The molecule has 2 aromatic rings. The molecule has 0 unspecified atom stereocenters. The summed E-state index contributed by atoms with van der Waals surface area (Å²) >= 11 is 0. The number of nitrogens with zero attached hydrogens (tertiary/aromatic N) is 1. The van der Waals surface area contributed by atoms with Gasteiger partial charge in [-0.1, -0.05) is 30.3 Å². The molecule has 0 atom stereocenters. The fourth-order valence-corrected chi connectivity index (χ4v) is 3.81. The van der Waals surface area contributed by atoms with Crippen molar-refractivity contribution < 1.29 is 18.4 Å². The molecule has 0 aromatic heterocycles. The number of hydrogen-bond donors (Lipinski definition) is 2. The van der Waals surface area contributed by atoms with Gasteiger partial charge in [-0.3, -0.25) is 4.79 Å². The van der Waals surface area contributed by atoms with E-state index in [2.05, 4.69) is 22.8 Å². The number of piperidine rings is 1. The van der Waals surface area contributed by atoms with Crippen LogP contribution in [-0.4, -0.2) is 36.5 Å². The maximum Gasteiger partial charge on any atom is 0.321 e. The number of hydrogen-bond acceptors (Lipinski definition) is 2. The Balaban J connectivity index is 1.29. The summed E-state index contributed by atoms with van der Waals surface area (Å²) in [5.74, 6) is -0.758. The van der Waals surface area contributed by atoms with Gasteiger partial charge in [0, 0.05) is 32.1 Å². The van der Waals surface area contributed by atoms with Crippen LogP contribution in [0, 0.1) is 17.6 Å². The Morgan fingerprint density at radius 3 is 2.52 bits per heavy atom. The molecule has 0 radical (unpaired) electrons. The van der Waals surface area contributed by atoms with Gasteiger partial charge in [0.05, 0.1) is 5.69 Å². The third-order valence-corrected chi connectivity index (χ3v) is 5.66. The summed E-state index contributed by atoms with van der Waals surface area (Å²) in [6, 6.07) is 12.7. The van der Waals surface area contributed by atoms with E-state index in [0.717, 1.165) is 50.3 Å². The van der Waals surface area contributed by atoms with E-state index < -0.39 is 17.7 Å². The van der Waals surface area contributed by atoms with Crippen molar-refractivity contribution in [2.45, 2.75) is 38.5 Å². The number of anilines is 1. The monoisotopic (exact) mass is 429 g/mol. The van der Waals surface area contributed by atoms with Crippen LogP contribution in [0.1, 0.15) is 37.7 Å². The van der Waals surface area contributed by atoms with Crippen molar-refractivity contribution in [1.29, 1.82) is 0 Å². The van der Waals surface area contributed by atoms with Gasteiger partial charge < -0.3 is 15.5 Å². The fourth-order valence-electron chi connectivity index (χ4n) is 3.81. The maximum absolute atomic E-state index is 13.7. The molecule has 5 nitrogen and oxygen atoms in total. The minimum absolute atomic E-state index is 0.0739. The number of carbonyl (C=O) groups is 2. The molecule has 31 heavy (non-hydrogen) atoms. The van der Waals surface area contributed by atoms with Gasteiger partial charge in [-0.25, -0.2) is 13.6 Å². The molecule has 1 aliphatic heterocycles. The van der Waals surface area contributed by atoms with E-state index in [1.807, 2.05) is 18.2 Å². The highest BCUT2D eigenvalue weighted by molar-refractivity contribution is 5.89. The molecule has 1 aliphatic rings. The molecule has 166 valence electrons. The lowest BCUT2D eigenvalue weighted by Crippen LogP contribution is -2.41. The van der Waals surface area contributed by atoms with Crippen molar-refractivity contribution in [3.8, 4) is 0 Å². The molecule has 2 N–H and O–H groups in total. The first kappa shape index (κ1) is 22.7. The Kier molecular flexibility index (Phi) is 8.38. The van der Waals surface area contributed by atoms with E-state index in [0.29, 0.717) is 32.0 Å². The zero-order chi connectivity index (χ0) is 22.1. The second-order valence-corrected chi connectivity index (χ2v) is 7.96. The molecule has 1 saturated heterocycles. The highest BCUT2D eigenvalue weighted by atomic mass is 19.1. The maximum atomic E-state index is 13.7. The summed E-state index contributed by atoms with van der Waals surface area (Å²) in [5.41, 5.74) is 1.09. The fraction of sp³-hybridized carbons (Fsp3) is 0.417. The number of rotatable bonds is 8. The van der Waals surface area contributed by atoms with Gasteiger partial charge in [0.1, 0.15) is 11.6 Å². The van der Waals surface area contributed by atoms with Gasteiger partial charge in [0.2, 0.25) is 5.91 Å². The molecule has 7 heteroatoms. The summed E-state index contributed by atoms with van der Waals surface area (Å²) in [7, 11) is 0. The minimum Gasteiger partial charge on any atom is -0.356 e. The molecule has 0 aliphatic carbocycles. The van der Waals surface area contributed by atoms with Gasteiger partial charge in [0.15, 0.2) is 0 Å². The number of likely N-dealkylation sites (tertiary alicyclic amines) is 1. The van der Waals surface area contributed by atoms with Crippen molar-refractivity contribution in [2.75, 3.05) is 25.0 Å². The highest BCUT2D eigenvalue weighted by Gasteiger charge is 2.23. The van der Waals surface area contributed by atoms with Crippen LogP contribution in [0.2, 0.25) is 0 Å². The number of halogens is 2. The van der Waals surface area contributed by atoms with Gasteiger partial charge in [0.25, 0.3) is 0 Å². The summed E-state index contributed by atoms with van der Waals surface area (Å²) in [6.45, 7) is 1.74. The Morgan fingerprint density at radius 2 is 1.77 bits per heavy atom. The first-order valence-electron chi connectivity index (χ1n) is 10.8. The van der Waals surface area contributed by atoms with E-state index in [1.165, 1.54) is 5.56 Å². The first-order valence-corrected chi connectivity index (χ1v) is 10.8. The van der Waals surface area contributed by atoms with Crippen LogP contribution in [-0.2, 0) is 11.2 Å². The van der Waals surface area contributed by atoms with E-state index in [-0.39, 0.29) is 11.6 Å². The van der Waals surface area contributed by atoms with Gasteiger partial charge in [-0.15, -0.1) is 0 Å². The van der Waals surface area contributed by atoms with Crippen LogP contribution in [0.4, 0.5) is 19.3 Å². The highest BCUT2D eigenvalue weighted by Crippen LogP contribution is 2.22. The average molecular weight is 430 g/mol. The van der Waals surface area contributed by atoms with Crippen LogP contribution >= 0.6 is 0 Å². The number of nitrogens with one attached hydrogen (secondary N) is 2. The van der Waals surface area contributed by atoms with E-state index in [1.54, 1.807) is 4.90 Å². The Labute approximate surface area is 181 Å². The van der Waals surface area contributed by atoms with Crippen molar-refractivity contribution in [3.63, 3.8) is 0 Å². The molecule has 1 heterocycles. The summed E-state index contributed by atoms with van der Waals surface area (Å²) in [4.78, 5) is 25.9. The third-order valence-electron chi connectivity index (χ3n) is 5.66. The largest absolute Gasteiger partial charge is 0.356 e. The number of benzene rings is 2. The van der Waals surface area contributed by atoms with E-state index in [4.69, 9.17) is 0 Å². The number of aryl methyl sites for hydroxylation is 1. The van der Waals surface area contributed by atoms with Gasteiger partial charge in [-0.05, 0) is 55.7 Å². The zero-order valence-electron chi connectivity index (χ0n) is 17.6. The molecular weight excluding hydrogens is 400 g/mol. The topological polar surface area (TPSA) is 61.4 Å². The molecule has 0 bridgehead atoms. The van der Waals surface area contributed by atoms with Crippen molar-refractivity contribution >= 4 is 17.6 Å². The lowest BCUT2D eigenvalue weighted by molar-refractivity contribution is -0.121. The summed E-state index contributed by atoms with van der Waals surface area (Å²) < 4.78 is 26.9. The lowest BCUT2D eigenvalue weighted by atomic mass is 9.93. The summed E-state index contributed by atoms with van der Waals surface area (Å²) in [5, 5.41) is 5.43. The molecule has 0 saturated carbocycles. The quantitative estimate of drug-likeness (QED) is 0.637. The van der Waals surface area contributed by atoms with Crippen molar-refractivity contribution in [1.82, 2.24) is 10.2 Å². The Hall–Kier alpha value is -2.96. The van der Waals surface area contributed by atoms with E-state index >= 15 is 0 Å². The van der Waals surface area contributed by atoms with E-state index in [9.17, 15) is 18.4 Å². The van der Waals surface area contributed by atoms with Crippen LogP contribution in [0.5, 0.6) is 0 Å². The Morgan fingerprint density at radius 1 is 1.03 bits per heavy atom.